The number of aryl methyl sites for hydroxylation is 1. The number of nitrogens with one attached hydrogen (secondary N) is 1. The molecular weight excluding hydrogens is 286 g/mol. The van der Waals surface area contributed by atoms with Gasteiger partial charge < -0.3 is 10.4 Å². The summed E-state index contributed by atoms with van der Waals surface area (Å²) < 4.78 is 0. The molecule has 0 spiro atoms. The molecule has 2 N–H and O–H groups in total. The van der Waals surface area contributed by atoms with Gasteiger partial charge in [0.25, 0.3) is 0 Å². The van der Waals surface area contributed by atoms with Gasteiger partial charge in [0.05, 0.1) is 5.02 Å². The molecule has 1 heterocycles. The van der Waals surface area contributed by atoms with Crippen LogP contribution in [0.5, 0.6) is 0 Å². The summed E-state index contributed by atoms with van der Waals surface area (Å²) in [4.78, 5) is 11.5. The van der Waals surface area contributed by atoms with Crippen molar-refractivity contribution in [2.24, 2.45) is 0 Å². The number of hydrogen-bond acceptors (Lipinski definition) is 2. The van der Waals surface area contributed by atoms with Crippen molar-refractivity contribution in [2.45, 2.75) is 25.9 Å². The Hall–Kier alpha value is -1.84. The van der Waals surface area contributed by atoms with Gasteiger partial charge in [-0.3, -0.25) is 4.79 Å². The molecule has 1 amide bonds. The summed E-state index contributed by atoms with van der Waals surface area (Å²) in [6.45, 7) is 1.87. The molecule has 0 saturated heterocycles. The smallest absolute Gasteiger partial charge is 0.224 e. The van der Waals surface area contributed by atoms with Gasteiger partial charge in [0.2, 0.25) is 5.91 Å². The Balaban J connectivity index is 2.08. The highest BCUT2D eigenvalue weighted by Crippen LogP contribution is 2.38. The maximum atomic E-state index is 11.5. The van der Waals surface area contributed by atoms with E-state index in [1.165, 1.54) is 0 Å². The maximum absolute atomic E-state index is 11.5. The normalized spacial score (nSPS) is 15.3. The van der Waals surface area contributed by atoms with Crippen LogP contribution >= 0.6 is 11.6 Å². The molecular formula is C17H16ClNO2. The molecule has 1 atom stereocenters. The van der Waals surface area contributed by atoms with E-state index in [9.17, 15) is 9.90 Å². The number of aliphatic hydroxyl groups is 1. The van der Waals surface area contributed by atoms with Gasteiger partial charge in [0, 0.05) is 17.7 Å². The first kappa shape index (κ1) is 14.1. The molecule has 0 bridgehead atoms. The molecule has 1 unspecified atom stereocenters. The van der Waals surface area contributed by atoms with Gasteiger partial charge in [-0.2, -0.15) is 0 Å². The van der Waals surface area contributed by atoms with Crippen LogP contribution in [0.1, 0.15) is 34.8 Å². The molecule has 0 aromatic heterocycles. The first-order valence-electron chi connectivity index (χ1n) is 6.92. The predicted molar refractivity (Wildman–Crippen MR) is 83.6 cm³/mol. The summed E-state index contributed by atoms with van der Waals surface area (Å²) in [5.41, 5.74) is 4.13. The van der Waals surface area contributed by atoms with Crippen molar-refractivity contribution in [3.05, 3.63) is 63.7 Å². The van der Waals surface area contributed by atoms with Crippen molar-refractivity contribution in [1.29, 1.82) is 0 Å². The average Bonchev–Trinajstić information content (AvgIpc) is 2.51. The van der Waals surface area contributed by atoms with Crippen molar-refractivity contribution in [3.8, 4) is 0 Å². The minimum absolute atomic E-state index is 0.0121. The molecule has 108 valence electrons. The lowest BCUT2D eigenvalue weighted by Crippen LogP contribution is -2.20. The molecule has 1 aliphatic heterocycles. The van der Waals surface area contributed by atoms with Crippen molar-refractivity contribution < 1.29 is 9.90 Å². The fraction of sp³-hybridized carbons (Fsp3) is 0.235. The van der Waals surface area contributed by atoms with Gasteiger partial charge in [0.1, 0.15) is 6.10 Å². The van der Waals surface area contributed by atoms with Crippen LogP contribution in [0.4, 0.5) is 5.69 Å². The lowest BCUT2D eigenvalue weighted by Gasteiger charge is -2.23. The molecule has 3 rings (SSSR count). The minimum Gasteiger partial charge on any atom is -0.384 e. The number of carbonyl (C=O) groups is 1. The Morgan fingerprint density at radius 1 is 1.24 bits per heavy atom. The largest absolute Gasteiger partial charge is 0.384 e. The first-order valence-corrected chi connectivity index (χ1v) is 7.30. The van der Waals surface area contributed by atoms with E-state index in [4.69, 9.17) is 11.6 Å². The van der Waals surface area contributed by atoms with E-state index < -0.39 is 6.10 Å². The predicted octanol–water partition coefficient (Wildman–Crippen LogP) is 3.61. The van der Waals surface area contributed by atoms with E-state index in [2.05, 4.69) is 5.32 Å². The van der Waals surface area contributed by atoms with Crippen LogP contribution in [-0.2, 0) is 11.2 Å². The molecule has 0 aliphatic carbocycles. The Labute approximate surface area is 128 Å². The number of hydrogen-bond donors (Lipinski definition) is 2. The van der Waals surface area contributed by atoms with Crippen LogP contribution < -0.4 is 5.32 Å². The number of anilines is 1. The van der Waals surface area contributed by atoms with Crippen molar-refractivity contribution in [3.63, 3.8) is 0 Å². The van der Waals surface area contributed by atoms with Crippen LogP contribution in [0, 0.1) is 6.92 Å². The molecule has 2 aromatic rings. The molecule has 0 fully saturated rings. The summed E-state index contributed by atoms with van der Waals surface area (Å²) in [6.07, 6.45) is 0.378. The van der Waals surface area contributed by atoms with Gasteiger partial charge in [-0.15, -0.1) is 0 Å². The van der Waals surface area contributed by atoms with Crippen LogP contribution in [0.3, 0.4) is 0 Å². The molecule has 21 heavy (non-hydrogen) atoms. The first-order chi connectivity index (χ1) is 10.1. The summed E-state index contributed by atoms with van der Waals surface area (Å²) in [5.74, 6) is 0.0121. The number of fused-ring (bicyclic) bond motifs is 1. The zero-order chi connectivity index (χ0) is 15.0. The SMILES string of the molecule is Cc1c(Cl)c(C(O)c2ccccc2)cc2c1NC(=O)CC2. The molecule has 0 radical (unpaired) electrons. The summed E-state index contributed by atoms with van der Waals surface area (Å²) in [6, 6.07) is 11.3. The highest BCUT2D eigenvalue weighted by atomic mass is 35.5. The summed E-state index contributed by atoms with van der Waals surface area (Å²) >= 11 is 6.41. The Morgan fingerprint density at radius 3 is 2.67 bits per heavy atom. The monoisotopic (exact) mass is 301 g/mol. The van der Waals surface area contributed by atoms with E-state index >= 15 is 0 Å². The lowest BCUT2D eigenvalue weighted by molar-refractivity contribution is -0.116. The second-order valence-electron chi connectivity index (χ2n) is 5.30. The third-order valence-corrected chi connectivity index (χ3v) is 4.41. The van der Waals surface area contributed by atoms with Gasteiger partial charge in [-0.05, 0) is 36.1 Å². The van der Waals surface area contributed by atoms with E-state index in [1.807, 2.05) is 43.3 Å². The summed E-state index contributed by atoms with van der Waals surface area (Å²) in [5, 5.41) is 14.0. The number of carbonyl (C=O) groups excluding carboxylic acids is 1. The fourth-order valence-electron chi connectivity index (χ4n) is 2.73. The zero-order valence-electron chi connectivity index (χ0n) is 11.7. The standard InChI is InChI=1S/C17H16ClNO2/c1-10-15(18)13(17(21)11-5-3-2-4-6-11)9-12-7-8-14(20)19-16(10)12/h2-6,9,17,21H,7-8H2,1H3,(H,19,20). The van der Waals surface area contributed by atoms with Crippen molar-refractivity contribution in [2.75, 3.05) is 5.32 Å². The van der Waals surface area contributed by atoms with Gasteiger partial charge >= 0.3 is 0 Å². The second kappa shape index (κ2) is 5.51. The highest BCUT2D eigenvalue weighted by molar-refractivity contribution is 6.32. The van der Waals surface area contributed by atoms with Crippen LogP contribution in [0.25, 0.3) is 0 Å². The van der Waals surface area contributed by atoms with Crippen molar-refractivity contribution >= 4 is 23.2 Å². The molecule has 2 aromatic carbocycles. The number of aliphatic hydroxyl groups excluding tert-OH is 1. The van der Waals surface area contributed by atoms with E-state index in [0.717, 1.165) is 22.4 Å². The summed E-state index contributed by atoms with van der Waals surface area (Å²) in [7, 11) is 0. The number of amides is 1. The lowest BCUT2D eigenvalue weighted by atomic mass is 9.92. The quantitative estimate of drug-likeness (QED) is 0.890. The van der Waals surface area contributed by atoms with E-state index in [0.29, 0.717) is 23.4 Å². The second-order valence-corrected chi connectivity index (χ2v) is 5.68. The third kappa shape index (κ3) is 2.55. The number of halogens is 1. The van der Waals surface area contributed by atoms with Crippen LogP contribution in [-0.4, -0.2) is 11.0 Å². The topological polar surface area (TPSA) is 49.3 Å². The van der Waals surface area contributed by atoms with Gasteiger partial charge in [-0.1, -0.05) is 41.9 Å². The van der Waals surface area contributed by atoms with E-state index in [1.54, 1.807) is 0 Å². The zero-order valence-corrected chi connectivity index (χ0v) is 12.4. The van der Waals surface area contributed by atoms with Gasteiger partial charge in [0.15, 0.2) is 0 Å². The van der Waals surface area contributed by atoms with Crippen molar-refractivity contribution in [1.82, 2.24) is 0 Å². The highest BCUT2D eigenvalue weighted by Gasteiger charge is 2.23. The van der Waals surface area contributed by atoms with E-state index in [-0.39, 0.29) is 5.91 Å². The minimum atomic E-state index is -0.764. The fourth-order valence-corrected chi connectivity index (χ4v) is 2.98. The maximum Gasteiger partial charge on any atom is 0.224 e. The average molecular weight is 302 g/mol. The Kier molecular flexibility index (Phi) is 3.70. The van der Waals surface area contributed by atoms with Gasteiger partial charge in [-0.25, -0.2) is 0 Å². The molecule has 1 aliphatic rings. The number of rotatable bonds is 2. The molecule has 4 heteroatoms. The molecule has 3 nitrogen and oxygen atoms in total. The van der Waals surface area contributed by atoms with Crippen LogP contribution in [0.2, 0.25) is 5.02 Å². The third-order valence-electron chi connectivity index (χ3n) is 3.90. The molecule has 0 saturated carbocycles. The number of benzene rings is 2. The van der Waals surface area contributed by atoms with Crippen LogP contribution in [0.15, 0.2) is 36.4 Å². The Bertz CT molecular complexity index is 698. The Morgan fingerprint density at radius 2 is 1.95 bits per heavy atom.